The minimum Gasteiger partial charge on any atom is -0.219 e. The maximum atomic E-state index is 7.54. The van der Waals surface area contributed by atoms with E-state index in [1.165, 1.54) is 0 Å². The lowest BCUT2D eigenvalue weighted by Gasteiger charge is -2.21. The van der Waals surface area contributed by atoms with Gasteiger partial charge in [0.15, 0.2) is 0 Å². The quantitative estimate of drug-likeness (QED) is 0.352. The van der Waals surface area contributed by atoms with Gasteiger partial charge in [0.25, 0.3) is 0 Å². The second-order valence-corrected chi connectivity index (χ2v) is 1.86. The van der Waals surface area contributed by atoms with E-state index in [1.54, 1.807) is 0 Å². The molecule has 1 rings (SSSR count). The van der Waals surface area contributed by atoms with E-state index >= 15 is 0 Å². The first-order valence-corrected chi connectivity index (χ1v) is 2.73. The Kier molecular flexibility index (Phi) is 2.88. The van der Waals surface area contributed by atoms with Gasteiger partial charge in [-0.2, -0.15) is 0 Å². The summed E-state index contributed by atoms with van der Waals surface area (Å²) in [7, 11) is 0. The SMILES string of the molecule is OOOOOC1CCC1. The average molecular weight is 136 g/mol. The molecule has 1 aliphatic rings. The molecule has 0 aromatic carbocycles. The van der Waals surface area contributed by atoms with E-state index in [9.17, 15) is 0 Å². The molecule has 0 saturated heterocycles. The van der Waals surface area contributed by atoms with Gasteiger partial charge in [-0.1, -0.05) is 0 Å². The highest BCUT2D eigenvalue weighted by atomic mass is 17.8. The Labute approximate surface area is 51.8 Å². The van der Waals surface area contributed by atoms with Crippen molar-refractivity contribution >= 4 is 0 Å². The largest absolute Gasteiger partial charge is 0.219 e. The molecule has 9 heavy (non-hydrogen) atoms. The monoisotopic (exact) mass is 136 g/mol. The molecule has 1 saturated carbocycles. The molecule has 54 valence electrons. The van der Waals surface area contributed by atoms with Crippen molar-refractivity contribution in [1.29, 1.82) is 0 Å². The molecule has 0 radical (unpaired) electrons. The first-order valence-electron chi connectivity index (χ1n) is 2.73. The van der Waals surface area contributed by atoms with Gasteiger partial charge >= 0.3 is 0 Å². The summed E-state index contributed by atoms with van der Waals surface area (Å²) < 4.78 is 0. The van der Waals surface area contributed by atoms with E-state index in [1.807, 2.05) is 0 Å². The topological polar surface area (TPSA) is 57.2 Å². The molecule has 1 N–H and O–H groups in total. The van der Waals surface area contributed by atoms with Crippen LogP contribution >= 0.6 is 0 Å². The molecular formula is C4H8O5. The minimum atomic E-state index is 0.0974. The van der Waals surface area contributed by atoms with Crippen molar-refractivity contribution in [3.05, 3.63) is 0 Å². The van der Waals surface area contributed by atoms with Gasteiger partial charge < -0.3 is 0 Å². The molecule has 0 aliphatic heterocycles. The van der Waals surface area contributed by atoms with Gasteiger partial charge in [0, 0.05) is 0 Å². The van der Waals surface area contributed by atoms with Crippen LogP contribution < -0.4 is 0 Å². The van der Waals surface area contributed by atoms with Crippen LogP contribution in [0.4, 0.5) is 0 Å². The average Bonchev–Trinajstić information content (AvgIpc) is 1.76. The molecule has 0 unspecified atom stereocenters. The second-order valence-electron chi connectivity index (χ2n) is 1.86. The van der Waals surface area contributed by atoms with E-state index in [-0.39, 0.29) is 6.10 Å². The summed E-state index contributed by atoms with van der Waals surface area (Å²) in [6.45, 7) is 0. The first-order chi connectivity index (χ1) is 4.43. The Morgan fingerprint density at radius 2 is 2.00 bits per heavy atom. The zero-order valence-electron chi connectivity index (χ0n) is 4.78. The fourth-order valence-electron chi connectivity index (χ4n) is 0.551. The Hall–Kier alpha value is -0.200. The maximum Gasteiger partial charge on any atom is 0.0962 e. The summed E-state index contributed by atoms with van der Waals surface area (Å²) in [6.07, 6.45) is 3.18. The smallest absolute Gasteiger partial charge is 0.0962 e. The van der Waals surface area contributed by atoms with E-state index < -0.39 is 0 Å². The lowest BCUT2D eigenvalue weighted by atomic mass is 9.97. The molecule has 0 spiro atoms. The number of hydrogen-bond acceptors (Lipinski definition) is 5. The summed E-state index contributed by atoms with van der Waals surface area (Å²) in [6, 6.07) is 0. The van der Waals surface area contributed by atoms with Crippen LogP contribution in [0.1, 0.15) is 19.3 Å². The predicted octanol–water partition coefficient (Wildman–Crippen LogP) is 0.823. The highest BCUT2D eigenvalue weighted by molar-refractivity contribution is 4.66. The van der Waals surface area contributed by atoms with Crippen LogP contribution in [0.2, 0.25) is 0 Å². The molecular weight excluding hydrogens is 128 g/mol. The van der Waals surface area contributed by atoms with Gasteiger partial charge in [-0.25, -0.2) is 10.1 Å². The lowest BCUT2D eigenvalue weighted by molar-refractivity contribution is -0.708. The van der Waals surface area contributed by atoms with Crippen molar-refractivity contribution in [2.24, 2.45) is 0 Å². The van der Waals surface area contributed by atoms with Gasteiger partial charge in [0.2, 0.25) is 0 Å². The molecule has 5 heteroatoms. The lowest BCUT2D eigenvalue weighted by Crippen LogP contribution is -2.21. The minimum absolute atomic E-state index is 0.0974. The molecule has 0 amide bonds. The van der Waals surface area contributed by atoms with Crippen LogP contribution in [-0.2, 0) is 20.0 Å². The van der Waals surface area contributed by atoms with Crippen LogP contribution in [0.15, 0.2) is 0 Å². The third kappa shape index (κ3) is 2.25. The van der Waals surface area contributed by atoms with Gasteiger partial charge in [-0.15, -0.1) is 0 Å². The molecule has 0 aromatic rings. The fraction of sp³-hybridized carbons (Fsp3) is 1.00. The standard InChI is InChI=1S/C4H8O5/c5-7-9-8-6-4-2-1-3-4/h4-5H,1-3H2. The zero-order chi connectivity index (χ0) is 6.53. The Balaban J connectivity index is 1.80. The van der Waals surface area contributed by atoms with E-state index in [2.05, 4.69) is 20.0 Å². The first kappa shape index (κ1) is 6.91. The normalized spacial score (nSPS) is 19.7. The fourth-order valence-corrected chi connectivity index (χ4v) is 0.551. The maximum absolute atomic E-state index is 7.54. The van der Waals surface area contributed by atoms with Crippen molar-refractivity contribution in [1.82, 2.24) is 0 Å². The summed E-state index contributed by atoms with van der Waals surface area (Å²) in [5.74, 6) is 0. The van der Waals surface area contributed by atoms with Crippen LogP contribution in [0.3, 0.4) is 0 Å². The van der Waals surface area contributed by atoms with Gasteiger partial charge in [-0.3, -0.25) is 0 Å². The third-order valence-corrected chi connectivity index (χ3v) is 1.29. The molecule has 0 bridgehead atoms. The Morgan fingerprint density at radius 3 is 2.44 bits per heavy atom. The zero-order valence-corrected chi connectivity index (χ0v) is 4.78. The van der Waals surface area contributed by atoms with E-state index in [4.69, 9.17) is 5.26 Å². The van der Waals surface area contributed by atoms with Crippen molar-refractivity contribution in [2.75, 3.05) is 0 Å². The Morgan fingerprint density at radius 1 is 1.22 bits per heavy atom. The predicted molar refractivity (Wildman–Crippen MR) is 24.6 cm³/mol. The van der Waals surface area contributed by atoms with Crippen LogP contribution in [0, 0.1) is 0 Å². The summed E-state index contributed by atoms with van der Waals surface area (Å²) in [4.78, 5) is 4.51. The molecule has 1 aliphatic carbocycles. The van der Waals surface area contributed by atoms with Gasteiger partial charge in [0.05, 0.1) is 6.10 Å². The van der Waals surface area contributed by atoms with Crippen LogP contribution in [0.5, 0.6) is 0 Å². The van der Waals surface area contributed by atoms with Crippen LogP contribution in [-0.4, -0.2) is 11.4 Å². The van der Waals surface area contributed by atoms with Gasteiger partial charge in [0.1, 0.15) is 0 Å². The molecule has 0 heterocycles. The molecule has 1 fully saturated rings. The molecule has 0 atom stereocenters. The highest BCUT2D eigenvalue weighted by Gasteiger charge is 2.19. The van der Waals surface area contributed by atoms with E-state index in [0.29, 0.717) is 0 Å². The molecule has 0 aromatic heterocycles. The second kappa shape index (κ2) is 3.76. The van der Waals surface area contributed by atoms with Crippen molar-refractivity contribution in [2.45, 2.75) is 25.4 Å². The summed E-state index contributed by atoms with van der Waals surface area (Å²) in [5, 5.41) is 18.1. The number of rotatable bonds is 4. The van der Waals surface area contributed by atoms with E-state index in [0.717, 1.165) is 19.3 Å². The van der Waals surface area contributed by atoms with Crippen molar-refractivity contribution < 1.29 is 25.3 Å². The summed E-state index contributed by atoms with van der Waals surface area (Å²) >= 11 is 0. The third-order valence-electron chi connectivity index (χ3n) is 1.29. The molecule has 5 nitrogen and oxygen atoms in total. The van der Waals surface area contributed by atoms with Crippen molar-refractivity contribution in [3.63, 3.8) is 0 Å². The van der Waals surface area contributed by atoms with Gasteiger partial charge in [-0.05, 0) is 34.4 Å². The van der Waals surface area contributed by atoms with Crippen molar-refractivity contribution in [3.8, 4) is 0 Å². The Bertz CT molecular complexity index is 71.4. The number of hydrogen-bond donors (Lipinski definition) is 1. The highest BCUT2D eigenvalue weighted by Crippen LogP contribution is 2.21. The summed E-state index contributed by atoms with van der Waals surface area (Å²) in [5.41, 5.74) is 0. The van der Waals surface area contributed by atoms with Crippen LogP contribution in [0.25, 0.3) is 0 Å².